The average molecular weight is 364 g/mol. The fourth-order valence-electron chi connectivity index (χ4n) is 2.15. The standard InChI is InChI=1S/C15H14BrN3OS/c1-10(11-2-4-12(16)5-3-11)17-14(20)8-13-9-19-6-7-21-15(19)18-13/h2-7,9-10H,8H2,1H3,(H,17,20). The summed E-state index contributed by atoms with van der Waals surface area (Å²) in [5, 5.41) is 4.97. The largest absolute Gasteiger partial charge is 0.349 e. The van der Waals surface area contributed by atoms with Gasteiger partial charge in [0, 0.05) is 22.2 Å². The van der Waals surface area contributed by atoms with Crippen LogP contribution in [0.25, 0.3) is 4.96 Å². The zero-order chi connectivity index (χ0) is 14.8. The molecular formula is C15H14BrN3OS. The van der Waals surface area contributed by atoms with Gasteiger partial charge in [-0.2, -0.15) is 0 Å². The van der Waals surface area contributed by atoms with Crippen molar-refractivity contribution in [1.82, 2.24) is 14.7 Å². The number of halogens is 1. The number of carbonyl (C=O) groups is 1. The summed E-state index contributed by atoms with van der Waals surface area (Å²) in [4.78, 5) is 17.4. The highest BCUT2D eigenvalue weighted by Crippen LogP contribution is 2.17. The van der Waals surface area contributed by atoms with E-state index in [2.05, 4.69) is 26.2 Å². The molecule has 3 aromatic rings. The highest BCUT2D eigenvalue weighted by molar-refractivity contribution is 9.10. The molecule has 1 unspecified atom stereocenters. The molecule has 1 N–H and O–H groups in total. The fourth-order valence-corrected chi connectivity index (χ4v) is 3.14. The highest BCUT2D eigenvalue weighted by atomic mass is 79.9. The molecule has 0 saturated heterocycles. The first-order chi connectivity index (χ1) is 10.1. The second-order valence-electron chi connectivity index (χ2n) is 4.84. The zero-order valence-electron chi connectivity index (χ0n) is 11.4. The van der Waals surface area contributed by atoms with Gasteiger partial charge in [0.15, 0.2) is 4.96 Å². The molecule has 0 spiro atoms. The van der Waals surface area contributed by atoms with E-state index in [0.717, 1.165) is 20.7 Å². The van der Waals surface area contributed by atoms with Crippen LogP contribution in [0.1, 0.15) is 24.2 Å². The van der Waals surface area contributed by atoms with Gasteiger partial charge in [-0.05, 0) is 24.6 Å². The van der Waals surface area contributed by atoms with Crippen LogP contribution in [0.3, 0.4) is 0 Å². The number of hydrogen-bond acceptors (Lipinski definition) is 3. The normalized spacial score (nSPS) is 12.5. The molecule has 0 aliphatic carbocycles. The van der Waals surface area contributed by atoms with E-state index in [1.807, 2.05) is 53.4 Å². The van der Waals surface area contributed by atoms with Crippen molar-refractivity contribution in [3.05, 3.63) is 57.8 Å². The van der Waals surface area contributed by atoms with E-state index >= 15 is 0 Å². The maximum absolute atomic E-state index is 12.1. The molecular weight excluding hydrogens is 350 g/mol. The van der Waals surface area contributed by atoms with E-state index in [0.29, 0.717) is 6.42 Å². The van der Waals surface area contributed by atoms with Crippen LogP contribution >= 0.6 is 27.3 Å². The number of rotatable bonds is 4. The average Bonchev–Trinajstić information content (AvgIpc) is 3.00. The summed E-state index contributed by atoms with van der Waals surface area (Å²) in [5.74, 6) is -0.0174. The van der Waals surface area contributed by atoms with Crippen molar-refractivity contribution >= 4 is 38.1 Å². The fraction of sp³-hybridized carbons (Fsp3) is 0.200. The smallest absolute Gasteiger partial charge is 0.226 e. The van der Waals surface area contributed by atoms with E-state index in [-0.39, 0.29) is 11.9 Å². The number of aromatic nitrogens is 2. The Balaban J connectivity index is 1.63. The van der Waals surface area contributed by atoms with Gasteiger partial charge < -0.3 is 5.32 Å². The van der Waals surface area contributed by atoms with Crippen molar-refractivity contribution in [2.24, 2.45) is 0 Å². The van der Waals surface area contributed by atoms with E-state index in [1.165, 1.54) is 0 Å². The first kappa shape index (κ1) is 14.3. The van der Waals surface area contributed by atoms with Crippen LogP contribution < -0.4 is 5.32 Å². The molecule has 1 aromatic carbocycles. The molecule has 0 bridgehead atoms. The zero-order valence-corrected chi connectivity index (χ0v) is 13.8. The number of imidazole rings is 1. The maximum Gasteiger partial charge on any atom is 0.226 e. The monoisotopic (exact) mass is 363 g/mol. The minimum Gasteiger partial charge on any atom is -0.349 e. The molecule has 0 aliphatic heterocycles. The first-order valence-corrected chi connectivity index (χ1v) is 8.25. The lowest BCUT2D eigenvalue weighted by atomic mass is 10.1. The van der Waals surface area contributed by atoms with Crippen LogP contribution in [0.4, 0.5) is 0 Å². The van der Waals surface area contributed by atoms with Crippen LogP contribution in [0.5, 0.6) is 0 Å². The Morgan fingerprint density at radius 1 is 1.43 bits per heavy atom. The number of amides is 1. The molecule has 0 aliphatic rings. The predicted octanol–water partition coefficient (Wildman–Crippen LogP) is 3.58. The predicted molar refractivity (Wildman–Crippen MR) is 87.5 cm³/mol. The van der Waals surface area contributed by atoms with Gasteiger partial charge in [-0.3, -0.25) is 9.20 Å². The van der Waals surface area contributed by atoms with E-state index in [4.69, 9.17) is 0 Å². The lowest BCUT2D eigenvalue weighted by Crippen LogP contribution is -2.28. The number of thiazole rings is 1. The Morgan fingerprint density at radius 2 is 2.19 bits per heavy atom. The van der Waals surface area contributed by atoms with Gasteiger partial charge in [0.1, 0.15) is 0 Å². The Hall–Kier alpha value is -1.66. The summed E-state index contributed by atoms with van der Waals surface area (Å²) in [7, 11) is 0. The van der Waals surface area contributed by atoms with Crippen LogP contribution in [0, 0.1) is 0 Å². The summed E-state index contributed by atoms with van der Waals surface area (Å²) in [6.07, 6.45) is 4.14. The number of benzene rings is 1. The van der Waals surface area contributed by atoms with Crippen molar-refractivity contribution in [2.75, 3.05) is 0 Å². The number of nitrogens with one attached hydrogen (secondary N) is 1. The van der Waals surface area contributed by atoms with Crippen LogP contribution in [0.15, 0.2) is 46.5 Å². The number of hydrogen-bond donors (Lipinski definition) is 1. The van der Waals surface area contributed by atoms with Crippen molar-refractivity contribution in [2.45, 2.75) is 19.4 Å². The topological polar surface area (TPSA) is 46.4 Å². The Kier molecular flexibility index (Phi) is 4.07. The van der Waals surface area contributed by atoms with Crippen LogP contribution in [-0.4, -0.2) is 15.3 Å². The molecule has 2 aromatic heterocycles. The summed E-state index contributed by atoms with van der Waals surface area (Å²) in [6, 6.07) is 7.93. The molecule has 0 saturated carbocycles. The van der Waals surface area contributed by atoms with Gasteiger partial charge >= 0.3 is 0 Å². The molecule has 6 heteroatoms. The second kappa shape index (κ2) is 5.99. The first-order valence-electron chi connectivity index (χ1n) is 6.58. The minimum absolute atomic E-state index is 0.0174. The molecule has 108 valence electrons. The molecule has 0 fully saturated rings. The Morgan fingerprint density at radius 3 is 2.90 bits per heavy atom. The van der Waals surface area contributed by atoms with Gasteiger partial charge in [0.05, 0.1) is 18.2 Å². The molecule has 21 heavy (non-hydrogen) atoms. The summed E-state index contributed by atoms with van der Waals surface area (Å²) in [5.41, 5.74) is 1.87. The van der Waals surface area contributed by atoms with Crippen molar-refractivity contribution in [1.29, 1.82) is 0 Å². The molecule has 0 radical (unpaired) electrons. The molecule has 2 heterocycles. The quantitative estimate of drug-likeness (QED) is 0.769. The van der Waals surface area contributed by atoms with Crippen molar-refractivity contribution in [3.63, 3.8) is 0 Å². The molecule has 4 nitrogen and oxygen atoms in total. The number of fused-ring (bicyclic) bond motifs is 1. The second-order valence-corrected chi connectivity index (χ2v) is 6.63. The SMILES string of the molecule is CC(NC(=O)Cc1cn2ccsc2n1)c1ccc(Br)cc1. The number of carbonyl (C=O) groups excluding carboxylic acids is 1. The number of nitrogens with zero attached hydrogens (tertiary/aromatic N) is 2. The lowest BCUT2D eigenvalue weighted by molar-refractivity contribution is -0.121. The lowest BCUT2D eigenvalue weighted by Gasteiger charge is -2.14. The molecule has 1 atom stereocenters. The third-order valence-electron chi connectivity index (χ3n) is 3.23. The highest BCUT2D eigenvalue weighted by Gasteiger charge is 2.12. The maximum atomic E-state index is 12.1. The van der Waals surface area contributed by atoms with E-state index < -0.39 is 0 Å². The van der Waals surface area contributed by atoms with E-state index in [9.17, 15) is 4.79 Å². The van der Waals surface area contributed by atoms with Gasteiger partial charge in [-0.25, -0.2) is 4.98 Å². The van der Waals surface area contributed by atoms with E-state index in [1.54, 1.807) is 11.3 Å². The van der Waals surface area contributed by atoms with Crippen LogP contribution in [0.2, 0.25) is 0 Å². The Labute approximate surface area is 135 Å². The third kappa shape index (κ3) is 3.33. The van der Waals surface area contributed by atoms with Crippen LogP contribution in [-0.2, 0) is 11.2 Å². The summed E-state index contributed by atoms with van der Waals surface area (Å²) >= 11 is 4.97. The summed E-state index contributed by atoms with van der Waals surface area (Å²) < 4.78 is 2.97. The molecule has 3 rings (SSSR count). The summed E-state index contributed by atoms with van der Waals surface area (Å²) in [6.45, 7) is 1.98. The van der Waals surface area contributed by atoms with Gasteiger partial charge in [-0.15, -0.1) is 11.3 Å². The minimum atomic E-state index is -0.0191. The van der Waals surface area contributed by atoms with Gasteiger partial charge in [0.2, 0.25) is 5.91 Å². The van der Waals surface area contributed by atoms with Gasteiger partial charge in [-0.1, -0.05) is 28.1 Å². The van der Waals surface area contributed by atoms with Crippen molar-refractivity contribution < 1.29 is 4.79 Å². The Bertz CT molecular complexity index is 734. The van der Waals surface area contributed by atoms with Gasteiger partial charge in [0.25, 0.3) is 0 Å². The van der Waals surface area contributed by atoms with Crippen molar-refractivity contribution in [3.8, 4) is 0 Å². The molecule has 1 amide bonds. The third-order valence-corrected chi connectivity index (χ3v) is 4.53.